The highest BCUT2D eigenvalue weighted by Gasteiger charge is 2.00. The highest BCUT2D eigenvalue weighted by Crippen LogP contribution is 2.29. The molecule has 0 radical (unpaired) electrons. The molecule has 0 aliphatic rings. The van der Waals surface area contributed by atoms with Crippen molar-refractivity contribution in [3.63, 3.8) is 0 Å². The Kier molecular flexibility index (Phi) is 5.49. The third kappa shape index (κ3) is 3.60. The van der Waals surface area contributed by atoms with Crippen molar-refractivity contribution in [2.45, 2.75) is 17.7 Å². The lowest BCUT2D eigenvalue weighted by Gasteiger charge is -2.06. The van der Waals surface area contributed by atoms with Gasteiger partial charge in [-0.05, 0) is 30.7 Å². The summed E-state index contributed by atoms with van der Waals surface area (Å²) in [4.78, 5) is 1.17. The summed E-state index contributed by atoms with van der Waals surface area (Å²) in [7, 11) is 1.69. The van der Waals surface area contributed by atoms with Gasteiger partial charge in [0.25, 0.3) is 0 Å². The Hall–Kier alpha value is -0.670. The number of thioether (sulfide) groups is 1. The van der Waals surface area contributed by atoms with Crippen molar-refractivity contribution in [2.24, 2.45) is 0 Å². The summed E-state index contributed by atoms with van der Waals surface area (Å²) in [6.45, 7) is 0.284. The summed E-state index contributed by atoms with van der Waals surface area (Å²) in [6.07, 6.45) is 1.92. The Morgan fingerprint density at radius 3 is 2.79 bits per heavy atom. The fourth-order valence-corrected chi connectivity index (χ4v) is 2.17. The number of ether oxygens (including phenoxy) is 1. The molecule has 1 aromatic rings. The standard InChI is InChI=1S/C11H16O2S/c1-13-10-6-2-3-7-11(10)14-9-5-4-8-12/h2-3,6-7,12H,4-5,8-9H2,1H3. The number of benzene rings is 1. The molecule has 1 aromatic carbocycles. The van der Waals surface area contributed by atoms with E-state index in [1.165, 1.54) is 4.90 Å². The molecule has 3 heteroatoms. The van der Waals surface area contributed by atoms with E-state index in [0.717, 1.165) is 24.3 Å². The molecule has 0 heterocycles. The molecule has 0 atom stereocenters. The zero-order chi connectivity index (χ0) is 10.2. The van der Waals surface area contributed by atoms with Crippen LogP contribution < -0.4 is 4.74 Å². The van der Waals surface area contributed by atoms with Gasteiger partial charge in [0.2, 0.25) is 0 Å². The molecule has 0 saturated heterocycles. The largest absolute Gasteiger partial charge is 0.496 e. The van der Waals surface area contributed by atoms with Crippen LogP contribution in [0.25, 0.3) is 0 Å². The van der Waals surface area contributed by atoms with Gasteiger partial charge in [-0.2, -0.15) is 0 Å². The predicted molar refractivity (Wildman–Crippen MR) is 60.0 cm³/mol. The zero-order valence-electron chi connectivity index (χ0n) is 8.40. The van der Waals surface area contributed by atoms with Crippen LogP contribution in [-0.2, 0) is 0 Å². The topological polar surface area (TPSA) is 29.5 Å². The maximum absolute atomic E-state index is 8.63. The number of hydrogen-bond acceptors (Lipinski definition) is 3. The summed E-state index contributed by atoms with van der Waals surface area (Å²) < 4.78 is 5.23. The Bertz CT molecular complexity index is 263. The van der Waals surface area contributed by atoms with Gasteiger partial charge in [-0.1, -0.05) is 12.1 Å². The average molecular weight is 212 g/mol. The van der Waals surface area contributed by atoms with Crippen molar-refractivity contribution in [1.29, 1.82) is 0 Å². The third-order valence-corrected chi connectivity index (χ3v) is 3.02. The molecule has 0 aliphatic heterocycles. The second-order valence-corrected chi connectivity index (χ2v) is 4.07. The summed E-state index contributed by atoms with van der Waals surface area (Å²) in [5.74, 6) is 1.96. The minimum Gasteiger partial charge on any atom is -0.496 e. The van der Waals surface area contributed by atoms with E-state index in [1.807, 2.05) is 18.2 Å². The van der Waals surface area contributed by atoms with E-state index >= 15 is 0 Å². The number of para-hydroxylation sites is 1. The van der Waals surface area contributed by atoms with Crippen molar-refractivity contribution >= 4 is 11.8 Å². The number of rotatable bonds is 6. The Labute approximate surface area is 89.3 Å². The summed E-state index contributed by atoms with van der Waals surface area (Å²) in [5.41, 5.74) is 0. The van der Waals surface area contributed by atoms with Crippen LogP contribution in [0, 0.1) is 0 Å². The van der Waals surface area contributed by atoms with Crippen LogP contribution in [-0.4, -0.2) is 24.6 Å². The zero-order valence-corrected chi connectivity index (χ0v) is 9.22. The molecule has 0 bridgehead atoms. The first-order valence-electron chi connectivity index (χ1n) is 4.75. The van der Waals surface area contributed by atoms with Gasteiger partial charge in [-0.3, -0.25) is 0 Å². The quantitative estimate of drug-likeness (QED) is 0.580. The lowest BCUT2D eigenvalue weighted by atomic mass is 10.3. The number of aliphatic hydroxyl groups is 1. The summed E-state index contributed by atoms with van der Waals surface area (Å²) in [6, 6.07) is 8.00. The SMILES string of the molecule is COc1ccccc1SCCCCO. The van der Waals surface area contributed by atoms with E-state index in [2.05, 4.69) is 6.07 Å². The summed E-state index contributed by atoms with van der Waals surface area (Å²) in [5, 5.41) is 8.63. The molecule has 78 valence electrons. The second-order valence-electron chi connectivity index (χ2n) is 2.93. The van der Waals surface area contributed by atoms with Gasteiger partial charge in [-0.25, -0.2) is 0 Å². The Morgan fingerprint density at radius 2 is 2.07 bits per heavy atom. The molecule has 0 spiro atoms. The van der Waals surface area contributed by atoms with Crippen molar-refractivity contribution in [3.05, 3.63) is 24.3 Å². The van der Waals surface area contributed by atoms with Crippen LogP contribution in [0.15, 0.2) is 29.2 Å². The second kappa shape index (κ2) is 6.74. The van der Waals surface area contributed by atoms with Crippen LogP contribution in [0.3, 0.4) is 0 Å². The molecule has 0 amide bonds. The van der Waals surface area contributed by atoms with Crippen molar-refractivity contribution in [2.75, 3.05) is 19.5 Å². The number of unbranched alkanes of at least 4 members (excludes halogenated alkanes) is 1. The monoisotopic (exact) mass is 212 g/mol. The predicted octanol–water partition coefficient (Wildman–Crippen LogP) is 2.56. The lowest BCUT2D eigenvalue weighted by Crippen LogP contribution is -1.88. The normalized spacial score (nSPS) is 10.1. The third-order valence-electron chi connectivity index (χ3n) is 1.88. The molecule has 2 nitrogen and oxygen atoms in total. The molecule has 0 fully saturated rings. The van der Waals surface area contributed by atoms with Gasteiger partial charge >= 0.3 is 0 Å². The molecular formula is C11H16O2S. The van der Waals surface area contributed by atoms with E-state index in [9.17, 15) is 0 Å². The maximum Gasteiger partial charge on any atom is 0.132 e. The fourth-order valence-electron chi connectivity index (χ4n) is 1.13. The smallest absolute Gasteiger partial charge is 0.132 e. The van der Waals surface area contributed by atoms with Gasteiger partial charge in [0.05, 0.1) is 7.11 Å². The number of methoxy groups -OCH3 is 1. The van der Waals surface area contributed by atoms with Crippen LogP contribution in [0.4, 0.5) is 0 Å². The van der Waals surface area contributed by atoms with E-state index in [-0.39, 0.29) is 6.61 Å². The molecule has 0 unspecified atom stereocenters. The van der Waals surface area contributed by atoms with Crippen molar-refractivity contribution in [3.8, 4) is 5.75 Å². The van der Waals surface area contributed by atoms with Gasteiger partial charge in [0, 0.05) is 11.5 Å². The number of hydrogen-bond donors (Lipinski definition) is 1. The molecule has 0 aliphatic carbocycles. The highest BCUT2D eigenvalue weighted by molar-refractivity contribution is 7.99. The maximum atomic E-state index is 8.63. The van der Waals surface area contributed by atoms with Gasteiger partial charge in [-0.15, -0.1) is 11.8 Å². The molecule has 0 saturated carbocycles. The average Bonchev–Trinajstić information content (AvgIpc) is 2.25. The first-order valence-corrected chi connectivity index (χ1v) is 5.73. The molecule has 0 aromatic heterocycles. The van der Waals surface area contributed by atoms with E-state index in [4.69, 9.17) is 9.84 Å². The molecule has 14 heavy (non-hydrogen) atoms. The van der Waals surface area contributed by atoms with Crippen LogP contribution in [0.2, 0.25) is 0 Å². The van der Waals surface area contributed by atoms with E-state index in [1.54, 1.807) is 18.9 Å². The molecular weight excluding hydrogens is 196 g/mol. The first-order chi connectivity index (χ1) is 6.88. The minimum absolute atomic E-state index is 0.284. The Morgan fingerprint density at radius 1 is 1.29 bits per heavy atom. The van der Waals surface area contributed by atoms with Crippen molar-refractivity contribution in [1.82, 2.24) is 0 Å². The number of aliphatic hydroxyl groups excluding tert-OH is 1. The molecule has 1 N–H and O–H groups in total. The highest BCUT2D eigenvalue weighted by atomic mass is 32.2. The van der Waals surface area contributed by atoms with Gasteiger partial charge in [0.1, 0.15) is 5.75 Å². The van der Waals surface area contributed by atoms with Crippen LogP contribution >= 0.6 is 11.8 Å². The van der Waals surface area contributed by atoms with E-state index < -0.39 is 0 Å². The fraction of sp³-hybridized carbons (Fsp3) is 0.455. The van der Waals surface area contributed by atoms with Crippen LogP contribution in [0.1, 0.15) is 12.8 Å². The minimum atomic E-state index is 0.284. The van der Waals surface area contributed by atoms with Crippen LogP contribution in [0.5, 0.6) is 5.75 Å². The Balaban J connectivity index is 2.41. The van der Waals surface area contributed by atoms with Crippen molar-refractivity contribution < 1.29 is 9.84 Å². The van der Waals surface area contributed by atoms with E-state index in [0.29, 0.717) is 0 Å². The van der Waals surface area contributed by atoms with Gasteiger partial charge < -0.3 is 9.84 Å². The van der Waals surface area contributed by atoms with Gasteiger partial charge in [0.15, 0.2) is 0 Å². The first kappa shape index (κ1) is 11.4. The summed E-state index contributed by atoms with van der Waals surface area (Å²) >= 11 is 1.78. The lowest BCUT2D eigenvalue weighted by molar-refractivity contribution is 0.287. The molecule has 1 rings (SSSR count).